The molecule has 0 saturated carbocycles. The van der Waals surface area contributed by atoms with Crippen molar-refractivity contribution < 1.29 is 24.2 Å². The van der Waals surface area contributed by atoms with Crippen molar-refractivity contribution in [1.29, 1.82) is 0 Å². The molecule has 4 aromatic rings. The molecule has 3 amide bonds. The molecule has 1 saturated heterocycles. The fraction of sp³-hybridized carbons (Fsp3) is 0.342. The lowest BCUT2D eigenvalue weighted by molar-refractivity contribution is -0.138. The van der Waals surface area contributed by atoms with Crippen molar-refractivity contribution >= 4 is 28.5 Å². The number of carbonyl (C=O) groups excluding carboxylic acids is 3. The van der Waals surface area contributed by atoms with E-state index in [2.05, 4.69) is 44.9 Å². The summed E-state index contributed by atoms with van der Waals surface area (Å²) in [4.78, 5) is 45.0. The number of ether oxygens (including phenoxy) is 1. The topological polar surface area (TPSA) is 157 Å². The van der Waals surface area contributed by atoms with Gasteiger partial charge in [-0.25, -0.2) is 0 Å². The number of nitrogens with one attached hydrogen (secondary N) is 2. The summed E-state index contributed by atoms with van der Waals surface area (Å²) in [6.07, 6.45) is 2.02. The van der Waals surface area contributed by atoms with Gasteiger partial charge in [0.25, 0.3) is 0 Å². The van der Waals surface area contributed by atoms with Gasteiger partial charge in [0, 0.05) is 43.8 Å². The van der Waals surface area contributed by atoms with E-state index in [0.29, 0.717) is 39.0 Å². The third-order valence-corrected chi connectivity index (χ3v) is 8.78. The van der Waals surface area contributed by atoms with Gasteiger partial charge in [-0.1, -0.05) is 84.0 Å². The van der Waals surface area contributed by atoms with Crippen molar-refractivity contribution in [1.82, 2.24) is 15.5 Å². The van der Waals surface area contributed by atoms with Crippen LogP contribution in [0, 0.1) is 0 Å². The van der Waals surface area contributed by atoms with Gasteiger partial charge in [0.1, 0.15) is 17.8 Å². The number of nitrogens with zero attached hydrogens (tertiary/aromatic N) is 4. The van der Waals surface area contributed by atoms with Crippen LogP contribution >= 0.6 is 0 Å². The maximum Gasteiger partial charge on any atom is 0.245 e. The van der Waals surface area contributed by atoms with Gasteiger partial charge in [0.2, 0.25) is 17.7 Å². The number of phenols is 1. The van der Waals surface area contributed by atoms with Crippen LogP contribution in [0.3, 0.4) is 0 Å². The monoisotopic (exact) mass is 662 g/mol. The van der Waals surface area contributed by atoms with E-state index in [0.717, 1.165) is 27.5 Å². The number of azide groups is 1. The highest BCUT2D eigenvalue weighted by Gasteiger charge is 2.39. The largest absolute Gasteiger partial charge is 0.508 e. The van der Waals surface area contributed by atoms with Gasteiger partial charge in [-0.2, -0.15) is 0 Å². The number of fused-ring (bicyclic) bond motifs is 1. The summed E-state index contributed by atoms with van der Waals surface area (Å²) in [6.45, 7) is 2.40. The first-order chi connectivity index (χ1) is 23.8. The average Bonchev–Trinajstić information content (AvgIpc) is 3.52. The Balaban J connectivity index is 1.34. The number of aromatic hydroxyl groups is 1. The fourth-order valence-corrected chi connectivity index (χ4v) is 6.37. The summed E-state index contributed by atoms with van der Waals surface area (Å²) in [7, 11) is 0. The molecule has 1 aliphatic rings. The highest BCUT2D eigenvalue weighted by molar-refractivity contribution is 5.92. The van der Waals surface area contributed by atoms with Crippen LogP contribution in [0.2, 0.25) is 0 Å². The first kappa shape index (κ1) is 34.9. The van der Waals surface area contributed by atoms with E-state index in [-0.39, 0.29) is 42.6 Å². The molecular formula is C38H42N6O5. The Morgan fingerprint density at radius 2 is 1.57 bits per heavy atom. The predicted octanol–water partition coefficient (Wildman–Crippen LogP) is 5.60. The zero-order valence-electron chi connectivity index (χ0n) is 27.6. The van der Waals surface area contributed by atoms with Gasteiger partial charge < -0.3 is 25.4 Å². The van der Waals surface area contributed by atoms with Crippen molar-refractivity contribution in [2.75, 3.05) is 13.1 Å². The molecule has 5 rings (SSSR count). The van der Waals surface area contributed by atoms with E-state index in [9.17, 15) is 19.5 Å². The van der Waals surface area contributed by atoms with Crippen molar-refractivity contribution in [3.05, 3.63) is 124 Å². The molecule has 0 aliphatic carbocycles. The second kappa shape index (κ2) is 17.1. The van der Waals surface area contributed by atoms with Crippen LogP contribution in [-0.4, -0.2) is 65.0 Å². The molecule has 11 heteroatoms. The number of carbonyl (C=O) groups is 3. The fourth-order valence-electron chi connectivity index (χ4n) is 6.37. The van der Waals surface area contributed by atoms with Gasteiger partial charge in [-0.15, -0.1) is 0 Å². The van der Waals surface area contributed by atoms with Crippen LogP contribution in [0.5, 0.6) is 5.75 Å². The Morgan fingerprint density at radius 1 is 0.898 bits per heavy atom. The Hall–Kier alpha value is -5.38. The van der Waals surface area contributed by atoms with E-state index in [1.54, 1.807) is 17.0 Å². The van der Waals surface area contributed by atoms with Crippen LogP contribution in [0.4, 0.5) is 0 Å². The van der Waals surface area contributed by atoms with Crippen LogP contribution in [-0.2, 0) is 38.6 Å². The molecule has 254 valence electrons. The van der Waals surface area contributed by atoms with E-state index in [1.807, 2.05) is 48.5 Å². The molecule has 0 radical (unpaired) electrons. The normalized spacial score (nSPS) is 16.8. The maximum atomic E-state index is 14.5. The van der Waals surface area contributed by atoms with Gasteiger partial charge >= 0.3 is 0 Å². The molecule has 11 nitrogen and oxygen atoms in total. The zero-order valence-corrected chi connectivity index (χ0v) is 27.6. The van der Waals surface area contributed by atoms with Crippen molar-refractivity contribution in [2.24, 2.45) is 5.11 Å². The zero-order chi connectivity index (χ0) is 34.6. The number of phenolic OH excluding ortho intramolecular Hbond substituents is 1. The third kappa shape index (κ3) is 10.1. The molecule has 3 N–H and O–H groups in total. The quantitative estimate of drug-likeness (QED) is 0.0654. The van der Waals surface area contributed by atoms with Crippen LogP contribution < -0.4 is 10.6 Å². The SMILES string of the molecule is CC(=O)N[C@H](Cc1ccc(O)cc1)C(=O)N[C@H](Cc1ccccc1)C(=O)N1C[C@H](OCc2ccc3ccccc3c2)C[C@@H]1CCCN=[N+]=[N-]. The Bertz CT molecular complexity index is 1780. The summed E-state index contributed by atoms with van der Waals surface area (Å²) in [5.41, 5.74) is 11.4. The van der Waals surface area contributed by atoms with Crippen LogP contribution in [0.15, 0.2) is 102 Å². The van der Waals surface area contributed by atoms with Crippen LogP contribution in [0.1, 0.15) is 42.9 Å². The lowest BCUT2D eigenvalue weighted by atomic mass is 10.0. The molecule has 0 aromatic heterocycles. The molecule has 1 heterocycles. The number of hydrogen-bond donors (Lipinski definition) is 3. The van der Waals surface area contributed by atoms with E-state index >= 15 is 0 Å². The highest BCUT2D eigenvalue weighted by Crippen LogP contribution is 2.27. The lowest BCUT2D eigenvalue weighted by Gasteiger charge is -2.30. The van der Waals surface area contributed by atoms with Crippen molar-refractivity contribution in [3.63, 3.8) is 0 Å². The number of hydrogen-bond acceptors (Lipinski definition) is 6. The average molecular weight is 663 g/mol. The number of amides is 3. The van der Waals surface area contributed by atoms with E-state index < -0.39 is 18.0 Å². The molecule has 4 aromatic carbocycles. The van der Waals surface area contributed by atoms with Gasteiger partial charge in [0.05, 0.1) is 12.7 Å². The summed E-state index contributed by atoms with van der Waals surface area (Å²) in [5.74, 6) is -1.01. The number of likely N-dealkylation sites (tertiary alicyclic amines) is 1. The van der Waals surface area contributed by atoms with E-state index in [4.69, 9.17) is 10.3 Å². The Labute approximate surface area is 285 Å². The second-order valence-electron chi connectivity index (χ2n) is 12.5. The molecule has 0 spiro atoms. The van der Waals surface area contributed by atoms with Crippen molar-refractivity contribution in [3.8, 4) is 5.75 Å². The first-order valence-corrected chi connectivity index (χ1v) is 16.6. The number of rotatable bonds is 15. The van der Waals surface area contributed by atoms with Crippen molar-refractivity contribution in [2.45, 2.75) is 69.9 Å². The van der Waals surface area contributed by atoms with Gasteiger partial charge in [-0.3, -0.25) is 14.4 Å². The predicted molar refractivity (Wildman–Crippen MR) is 187 cm³/mol. The molecule has 0 bridgehead atoms. The van der Waals surface area contributed by atoms with Gasteiger partial charge in [0.15, 0.2) is 0 Å². The Kier molecular flexibility index (Phi) is 12.2. The maximum absolute atomic E-state index is 14.5. The summed E-state index contributed by atoms with van der Waals surface area (Å²) < 4.78 is 6.38. The lowest BCUT2D eigenvalue weighted by Crippen LogP contribution is -2.56. The first-order valence-electron chi connectivity index (χ1n) is 16.6. The molecule has 49 heavy (non-hydrogen) atoms. The molecule has 1 aliphatic heterocycles. The highest BCUT2D eigenvalue weighted by atomic mass is 16.5. The minimum Gasteiger partial charge on any atom is -0.508 e. The summed E-state index contributed by atoms with van der Waals surface area (Å²) >= 11 is 0. The minimum atomic E-state index is -0.940. The Morgan fingerprint density at radius 3 is 2.31 bits per heavy atom. The molecule has 1 fully saturated rings. The van der Waals surface area contributed by atoms with Gasteiger partial charge in [-0.05, 0) is 70.5 Å². The summed E-state index contributed by atoms with van der Waals surface area (Å²) in [6, 6.07) is 28.2. The molecule has 4 atom stereocenters. The molecule has 0 unspecified atom stereocenters. The second-order valence-corrected chi connectivity index (χ2v) is 12.5. The number of benzene rings is 4. The third-order valence-electron chi connectivity index (χ3n) is 8.78. The van der Waals surface area contributed by atoms with Crippen LogP contribution in [0.25, 0.3) is 21.2 Å². The smallest absolute Gasteiger partial charge is 0.245 e. The summed E-state index contributed by atoms with van der Waals surface area (Å²) in [5, 5.41) is 21.3. The minimum absolute atomic E-state index is 0.0944. The molecular weight excluding hydrogens is 620 g/mol. The standard InChI is InChI=1S/C38H42N6O5/c1-26(45)41-35(21-28-14-17-33(46)18-15-28)37(47)42-36(22-27-8-3-2-4-9-27)38(48)44-24-34(23-32(44)12-7-19-40-43-39)49-25-29-13-16-30-10-5-6-11-31(30)20-29/h2-6,8-11,13-18,20,32,34-36,46H,7,12,19,21-25H2,1H3,(H,41,45)(H,42,47)/t32-,34+,35+,36+/m0/s1. The van der Waals surface area contributed by atoms with E-state index in [1.165, 1.54) is 19.1 Å².